The number of para-hydroxylation sites is 2. The molecule has 0 bridgehead atoms. The van der Waals surface area contributed by atoms with Gasteiger partial charge in [-0.25, -0.2) is 5.01 Å². The zero-order chi connectivity index (χ0) is 14.2. The van der Waals surface area contributed by atoms with Gasteiger partial charge in [0.05, 0.1) is 18.0 Å². The summed E-state index contributed by atoms with van der Waals surface area (Å²) in [6.07, 6.45) is 0.433. The maximum Gasteiger partial charge on any atom is 0.248 e. The van der Waals surface area contributed by atoms with Crippen molar-refractivity contribution < 1.29 is 9.53 Å². The van der Waals surface area contributed by atoms with Crippen molar-refractivity contribution in [3.63, 3.8) is 0 Å². The zero-order valence-electron chi connectivity index (χ0n) is 11.4. The van der Waals surface area contributed by atoms with Crippen molar-refractivity contribution in [3.8, 4) is 5.75 Å². The molecule has 21 heavy (non-hydrogen) atoms. The molecular weight excluding hydrogens is 264 g/mol. The number of carbonyl (C=O) groups is 1. The predicted octanol–water partition coefficient (Wildman–Crippen LogP) is 2.84. The van der Waals surface area contributed by atoms with E-state index in [4.69, 9.17) is 4.74 Å². The number of fused-ring (bicyclic) bond motifs is 3. The number of hydrazone groups is 1. The molecule has 104 valence electrons. The quantitative estimate of drug-likeness (QED) is 0.805. The van der Waals surface area contributed by atoms with Crippen LogP contribution in [0.1, 0.15) is 12.0 Å². The molecule has 1 atom stereocenters. The fraction of sp³-hybridized carbons (Fsp3) is 0.176. The van der Waals surface area contributed by atoms with Crippen molar-refractivity contribution in [1.82, 2.24) is 0 Å². The first-order valence-electron chi connectivity index (χ1n) is 7.01. The molecule has 0 radical (unpaired) electrons. The van der Waals surface area contributed by atoms with Gasteiger partial charge in [-0.1, -0.05) is 30.3 Å². The first kappa shape index (κ1) is 12.1. The third-order valence-electron chi connectivity index (χ3n) is 3.86. The smallest absolute Gasteiger partial charge is 0.248 e. The van der Waals surface area contributed by atoms with Crippen molar-refractivity contribution in [3.05, 3.63) is 60.2 Å². The number of benzene rings is 2. The minimum absolute atomic E-state index is 0.0120. The monoisotopic (exact) mass is 278 g/mol. The fourth-order valence-electron chi connectivity index (χ4n) is 2.82. The SMILES string of the molecule is O=C1C[C@H]2COc3ccccc3C2=NN1c1ccccc1. The zero-order valence-corrected chi connectivity index (χ0v) is 11.4. The van der Waals surface area contributed by atoms with E-state index in [1.54, 1.807) is 0 Å². The maximum atomic E-state index is 12.3. The molecule has 0 saturated heterocycles. The average molecular weight is 278 g/mol. The van der Waals surface area contributed by atoms with E-state index in [0.717, 1.165) is 22.7 Å². The topological polar surface area (TPSA) is 41.9 Å². The molecule has 0 fully saturated rings. The van der Waals surface area contributed by atoms with Crippen LogP contribution in [0.25, 0.3) is 0 Å². The van der Waals surface area contributed by atoms with Crippen LogP contribution in [0.4, 0.5) is 5.69 Å². The molecule has 2 heterocycles. The predicted molar refractivity (Wildman–Crippen MR) is 80.5 cm³/mol. The van der Waals surface area contributed by atoms with Crippen molar-refractivity contribution in [2.24, 2.45) is 11.0 Å². The van der Waals surface area contributed by atoms with E-state index >= 15 is 0 Å². The number of hydrogen-bond acceptors (Lipinski definition) is 3. The van der Waals surface area contributed by atoms with E-state index in [1.807, 2.05) is 54.6 Å². The molecule has 4 heteroatoms. The normalized spacial score (nSPS) is 20.2. The fourth-order valence-corrected chi connectivity index (χ4v) is 2.82. The van der Waals surface area contributed by atoms with Gasteiger partial charge in [0, 0.05) is 17.9 Å². The van der Waals surface area contributed by atoms with Crippen LogP contribution in [-0.2, 0) is 4.79 Å². The van der Waals surface area contributed by atoms with Crippen molar-refractivity contribution in [2.45, 2.75) is 6.42 Å². The van der Waals surface area contributed by atoms with Gasteiger partial charge in [0.15, 0.2) is 0 Å². The molecule has 0 saturated carbocycles. The first-order chi connectivity index (χ1) is 10.3. The lowest BCUT2D eigenvalue weighted by Crippen LogP contribution is -2.41. The van der Waals surface area contributed by atoms with Gasteiger partial charge in [-0.2, -0.15) is 5.10 Å². The van der Waals surface area contributed by atoms with Gasteiger partial charge in [0.1, 0.15) is 5.75 Å². The summed E-state index contributed by atoms with van der Waals surface area (Å²) in [4.78, 5) is 12.3. The number of amides is 1. The van der Waals surface area contributed by atoms with Crippen LogP contribution < -0.4 is 9.75 Å². The van der Waals surface area contributed by atoms with E-state index in [2.05, 4.69) is 5.10 Å². The summed E-state index contributed by atoms with van der Waals surface area (Å²) in [5, 5.41) is 6.12. The highest BCUT2D eigenvalue weighted by atomic mass is 16.5. The summed E-state index contributed by atoms with van der Waals surface area (Å²) >= 11 is 0. The highest BCUT2D eigenvalue weighted by Crippen LogP contribution is 2.33. The second-order valence-corrected chi connectivity index (χ2v) is 5.23. The summed E-state index contributed by atoms with van der Waals surface area (Å²) < 4.78 is 5.73. The third-order valence-corrected chi connectivity index (χ3v) is 3.86. The summed E-state index contributed by atoms with van der Waals surface area (Å²) in [7, 11) is 0. The number of anilines is 1. The number of carbonyl (C=O) groups excluding carboxylic acids is 1. The lowest BCUT2D eigenvalue weighted by molar-refractivity contribution is -0.119. The molecule has 4 nitrogen and oxygen atoms in total. The van der Waals surface area contributed by atoms with E-state index in [9.17, 15) is 4.79 Å². The van der Waals surface area contributed by atoms with Gasteiger partial charge in [0.2, 0.25) is 5.91 Å². The summed E-state index contributed by atoms with van der Waals surface area (Å²) in [5.41, 5.74) is 2.74. The molecular formula is C17H14N2O2. The minimum atomic E-state index is 0.0120. The van der Waals surface area contributed by atoms with Gasteiger partial charge >= 0.3 is 0 Å². The molecule has 0 N–H and O–H groups in total. The van der Waals surface area contributed by atoms with E-state index in [0.29, 0.717) is 13.0 Å². The summed E-state index contributed by atoms with van der Waals surface area (Å²) in [6, 6.07) is 17.4. The van der Waals surface area contributed by atoms with Crippen LogP contribution >= 0.6 is 0 Å². The molecule has 2 aromatic rings. The molecule has 0 spiro atoms. The molecule has 4 rings (SSSR count). The summed E-state index contributed by atoms with van der Waals surface area (Å²) in [5.74, 6) is 0.903. The van der Waals surface area contributed by atoms with Crippen molar-refractivity contribution in [2.75, 3.05) is 11.6 Å². The van der Waals surface area contributed by atoms with Crippen LogP contribution in [0.15, 0.2) is 59.7 Å². The second kappa shape index (κ2) is 4.74. The van der Waals surface area contributed by atoms with Gasteiger partial charge in [0.25, 0.3) is 0 Å². The highest BCUT2D eigenvalue weighted by molar-refractivity contribution is 6.12. The number of rotatable bonds is 1. The standard InChI is InChI=1S/C17H14N2O2/c20-16-10-12-11-21-15-9-5-4-8-14(15)17(12)18-19(16)13-6-2-1-3-7-13/h1-9,12H,10-11H2/t12-/m0/s1. The van der Waals surface area contributed by atoms with Crippen molar-refractivity contribution in [1.29, 1.82) is 0 Å². The lowest BCUT2D eigenvalue weighted by atomic mass is 9.90. The molecule has 0 unspecified atom stereocenters. The molecule has 1 amide bonds. The van der Waals surface area contributed by atoms with Gasteiger partial charge in [-0.05, 0) is 24.3 Å². The van der Waals surface area contributed by atoms with Gasteiger partial charge in [-0.3, -0.25) is 4.79 Å². The van der Waals surface area contributed by atoms with Crippen LogP contribution in [0.2, 0.25) is 0 Å². The largest absolute Gasteiger partial charge is 0.492 e. The Morgan fingerprint density at radius 3 is 2.67 bits per heavy atom. The van der Waals surface area contributed by atoms with E-state index in [1.165, 1.54) is 5.01 Å². The van der Waals surface area contributed by atoms with Crippen LogP contribution in [0.5, 0.6) is 5.75 Å². The van der Waals surface area contributed by atoms with Crippen LogP contribution in [0.3, 0.4) is 0 Å². The number of nitrogens with zero attached hydrogens (tertiary/aromatic N) is 2. The Morgan fingerprint density at radius 2 is 1.81 bits per heavy atom. The Balaban J connectivity index is 1.82. The Labute approximate surface area is 122 Å². The first-order valence-corrected chi connectivity index (χ1v) is 7.01. The molecule has 2 aromatic carbocycles. The Morgan fingerprint density at radius 1 is 1.05 bits per heavy atom. The minimum Gasteiger partial charge on any atom is -0.492 e. The van der Waals surface area contributed by atoms with Crippen LogP contribution in [-0.4, -0.2) is 18.2 Å². The lowest BCUT2D eigenvalue weighted by Gasteiger charge is -2.33. The number of hydrogen-bond donors (Lipinski definition) is 0. The maximum absolute atomic E-state index is 12.3. The Kier molecular flexibility index (Phi) is 2.74. The molecule has 0 aliphatic carbocycles. The Bertz CT molecular complexity index is 725. The molecule has 0 aromatic heterocycles. The van der Waals surface area contributed by atoms with Gasteiger partial charge in [-0.15, -0.1) is 0 Å². The van der Waals surface area contributed by atoms with Crippen LogP contribution in [0, 0.1) is 5.92 Å². The molecule has 2 aliphatic rings. The Hall–Kier alpha value is -2.62. The summed E-state index contributed by atoms with van der Waals surface area (Å²) in [6.45, 7) is 0.518. The van der Waals surface area contributed by atoms with Gasteiger partial charge < -0.3 is 4.74 Å². The van der Waals surface area contributed by atoms with Crippen molar-refractivity contribution >= 4 is 17.3 Å². The highest BCUT2D eigenvalue weighted by Gasteiger charge is 2.35. The molecule has 2 aliphatic heterocycles. The average Bonchev–Trinajstić information content (AvgIpc) is 2.55. The van der Waals surface area contributed by atoms with E-state index < -0.39 is 0 Å². The third kappa shape index (κ3) is 2.00. The second-order valence-electron chi connectivity index (χ2n) is 5.23. The number of ether oxygens (including phenoxy) is 1. The van der Waals surface area contributed by atoms with E-state index in [-0.39, 0.29) is 11.8 Å².